The Balaban J connectivity index is 2.02. The fourth-order valence-electron chi connectivity index (χ4n) is 2.35. The summed E-state index contributed by atoms with van der Waals surface area (Å²) in [5.41, 5.74) is 0.995. The first kappa shape index (κ1) is 15.2. The Morgan fingerprint density at radius 2 is 1.87 bits per heavy atom. The molecule has 1 N–H and O–H groups in total. The second kappa shape index (κ2) is 6.58. The van der Waals surface area contributed by atoms with Crippen molar-refractivity contribution in [2.75, 3.05) is 5.32 Å². The van der Waals surface area contributed by atoms with E-state index in [1.807, 2.05) is 47.8 Å². The average Bonchev–Trinajstić information content (AvgIpc) is 3.08. The number of thiophene rings is 1. The third kappa shape index (κ3) is 3.37. The molecule has 23 heavy (non-hydrogen) atoms. The van der Waals surface area contributed by atoms with Gasteiger partial charge >= 0.3 is 0 Å². The smallest absolute Gasteiger partial charge is 0.295 e. The number of nitrogens with zero attached hydrogens (tertiary/aromatic N) is 1. The molecule has 0 aliphatic rings. The summed E-state index contributed by atoms with van der Waals surface area (Å²) in [6.07, 6.45) is 0. The molecule has 1 heterocycles. The van der Waals surface area contributed by atoms with E-state index < -0.39 is 10.7 Å². The van der Waals surface area contributed by atoms with Crippen LogP contribution in [0.1, 0.15) is 16.5 Å². The van der Waals surface area contributed by atoms with Crippen molar-refractivity contribution in [2.24, 2.45) is 0 Å². The third-order valence-electron chi connectivity index (χ3n) is 3.42. The van der Waals surface area contributed by atoms with E-state index in [9.17, 15) is 14.5 Å². The van der Waals surface area contributed by atoms with Crippen LogP contribution in [0.5, 0.6) is 0 Å². The topological polar surface area (TPSA) is 55.2 Å². The van der Waals surface area contributed by atoms with Crippen molar-refractivity contribution in [3.63, 3.8) is 0 Å². The van der Waals surface area contributed by atoms with Gasteiger partial charge in [-0.2, -0.15) is 0 Å². The molecule has 0 saturated carbocycles. The van der Waals surface area contributed by atoms with Gasteiger partial charge in [0.15, 0.2) is 0 Å². The van der Waals surface area contributed by atoms with Crippen LogP contribution in [0.25, 0.3) is 0 Å². The summed E-state index contributed by atoms with van der Waals surface area (Å²) in [7, 11) is 0. The maximum atomic E-state index is 13.3. The molecule has 0 radical (unpaired) electrons. The van der Waals surface area contributed by atoms with Gasteiger partial charge in [-0.05, 0) is 29.1 Å². The van der Waals surface area contributed by atoms with Crippen LogP contribution in [0.4, 0.5) is 15.8 Å². The van der Waals surface area contributed by atoms with Crippen molar-refractivity contribution >= 4 is 22.7 Å². The molecule has 0 fully saturated rings. The van der Waals surface area contributed by atoms with E-state index in [0.29, 0.717) is 5.69 Å². The number of hydrogen-bond acceptors (Lipinski definition) is 4. The largest absolute Gasteiger partial charge is 0.368 e. The molecular formula is C17H13FN2O2S. The van der Waals surface area contributed by atoms with E-state index in [2.05, 4.69) is 5.32 Å². The van der Waals surface area contributed by atoms with Gasteiger partial charge in [0, 0.05) is 4.88 Å². The van der Waals surface area contributed by atoms with E-state index in [1.165, 1.54) is 12.1 Å². The maximum absolute atomic E-state index is 13.3. The van der Waals surface area contributed by atoms with Crippen LogP contribution in [0.15, 0.2) is 66.0 Å². The number of anilines is 1. The molecule has 0 aliphatic carbocycles. The predicted molar refractivity (Wildman–Crippen MR) is 89.3 cm³/mol. The van der Waals surface area contributed by atoms with Crippen molar-refractivity contribution in [2.45, 2.75) is 6.04 Å². The number of rotatable bonds is 5. The predicted octanol–water partition coefficient (Wildman–Crippen LogP) is 5.00. The third-order valence-corrected chi connectivity index (χ3v) is 4.35. The minimum absolute atomic E-state index is 0.236. The van der Waals surface area contributed by atoms with Crippen molar-refractivity contribution in [1.29, 1.82) is 0 Å². The highest BCUT2D eigenvalue weighted by molar-refractivity contribution is 7.10. The monoisotopic (exact) mass is 328 g/mol. The maximum Gasteiger partial charge on any atom is 0.295 e. The zero-order valence-electron chi connectivity index (χ0n) is 12.0. The summed E-state index contributed by atoms with van der Waals surface area (Å²) in [6.45, 7) is 0. The molecule has 0 aliphatic heterocycles. The first-order valence-electron chi connectivity index (χ1n) is 6.94. The summed E-state index contributed by atoms with van der Waals surface area (Å²) in [4.78, 5) is 11.6. The van der Waals surface area contributed by atoms with Gasteiger partial charge in [0.05, 0.1) is 17.0 Å². The molecule has 1 aromatic heterocycles. The first-order chi connectivity index (χ1) is 11.1. The molecule has 0 bridgehead atoms. The Labute approximate surface area is 136 Å². The van der Waals surface area contributed by atoms with Crippen LogP contribution >= 0.6 is 11.3 Å². The highest BCUT2D eigenvalue weighted by Gasteiger charge is 2.21. The lowest BCUT2D eigenvalue weighted by Crippen LogP contribution is -2.12. The van der Waals surface area contributed by atoms with E-state index in [4.69, 9.17) is 0 Å². The zero-order chi connectivity index (χ0) is 16.2. The molecule has 0 spiro atoms. The van der Waals surface area contributed by atoms with Crippen molar-refractivity contribution in [1.82, 2.24) is 0 Å². The molecule has 2 aromatic carbocycles. The van der Waals surface area contributed by atoms with E-state index >= 15 is 0 Å². The van der Waals surface area contributed by atoms with Gasteiger partial charge in [-0.25, -0.2) is 4.39 Å². The highest BCUT2D eigenvalue weighted by atomic mass is 32.1. The van der Waals surface area contributed by atoms with Gasteiger partial charge in [-0.15, -0.1) is 11.3 Å². The fourth-order valence-corrected chi connectivity index (χ4v) is 3.16. The Kier molecular flexibility index (Phi) is 4.34. The number of benzene rings is 2. The van der Waals surface area contributed by atoms with E-state index in [1.54, 1.807) is 11.3 Å². The average molecular weight is 328 g/mol. The minimum atomic E-state index is -0.630. The number of nitro groups is 1. The summed E-state index contributed by atoms with van der Waals surface area (Å²) in [5.74, 6) is -0.630. The van der Waals surface area contributed by atoms with Crippen molar-refractivity contribution in [3.8, 4) is 0 Å². The van der Waals surface area contributed by atoms with Gasteiger partial charge in [0.25, 0.3) is 5.69 Å². The molecule has 4 nitrogen and oxygen atoms in total. The van der Waals surface area contributed by atoms with Crippen LogP contribution in [-0.4, -0.2) is 4.92 Å². The summed E-state index contributed by atoms with van der Waals surface area (Å²) in [5, 5.41) is 16.3. The Morgan fingerprint density at radius 3 is 2.52 bits per heavy atom. The fraction of sp³-hybridized carbons (Fsp3) is 0.0588. The SMILES string of the molecule is O=[N+]([O-])c1cc(F)ccc1N[C@@H](c1ccccc1)c1cccs1. The van der Waals surface area contributed by atoms with Crippen molar-refractivity contribution < 1.29 is 9.31 Å². The lowest BCUT2D eigenvalue weighted by molar-refractivity contribution is -0.384. The molecule has 3 aromatic rings. The van der Waals surface area contributed by atoms with E-state index in [-0.39, 0.29) is 11.7 Å². The summed E-state index contributed by atoms with van der Waals surface area (Å²) >= 11 is 1.56. The minimum Gasteiger partial charge on any atom is -0.368 e. The van der Waals surface area contributed by atoms with Crippen LogP contribution in [0, 0.1) is 15.9 Å². The van der Waals surface area contributed by atoms with Gasteiger partial charge < -0.3 is 5.32 Å². The number of hydrogen-bond donors (Lipinski definition) is 1. The van der Waals surface area contributed by atoms with Crippen LogP contribution in [0.3, 0.4) is 0 Å². The second-order valence-corrected chi connectivity index (χ2v) is 5.90. The number of halogens is 1. The Bertz CT molecular complexity index is 807. The van der Waals surface area contributed by atoms with Gasteiger partial charge in [-0.3, -0.25) is 10.1 Å². The van der Waals surface area contributed by atoms with Crippen LogP contribution in [-0.2, 0) is 0 Å². The molecular weight excluding hydrogens is 315 g/mol. The molecule has 116 valence electrons. The van der Waals surface area contributed by atoms with Gasteiger partial charge in [0.1, 0.15) is 11.5 Å². The lowest BCUT2D eigenvalue weighted by Gasteiger charge is -2.19. The van der Waals surface area contributed by atoms with Gasteiger partial charge in [0.2, 0.25) is 0 Å². The molecule has 1 atom stereocenters. The number of nitro benzene ring substituents is 1. The quantitative estimate of drug-likeness (QED) is 0.530. The molecule has 0 amide bonds. The normalized spacial score (nSPS) is 11.9. The van der Waals surface area contributed by atoms with Crippen LogP contribution < -0.4 is 5.32 Å². The Morgan fingerprint density at radius 1 is 1.09 bits per heavy atom. The number of nitrogens with one attached hydrogen (secondary N) is 1. The summed E-state index contributed by atoms with van der Waals surface area (Å²) in [6, 6.07) is 16.8. The highest BCUT2D eigenvalue weighted by Crippen LogP contribution is 2.33. The Hall–Kier alpha value is -2.73. The van der Waals surface area contributed by atoms with Crippen molar-refractivity contribution in [3.05, 3.63) is 92.4 Å². The molecule has 6 heteroatoms. The van der Waals surface area contributed by atoms with Crippen LogP contribution in [0.2, 0.25) is 0 Å². The van der Waals surface area contributed by atoms with Gasteiger partial charge in [-0.1, -0.05) is 36.4 Å². The second-order valence-electron chi connectivity index (χ2n) is 4.92. The lowest BCUT2D eigenvalue weighted by atomic mass is 10.0. The first-order valence-corrected chi connectivity index (χ1v) is 7.82. The van der Waals surface area contributed by atoms with E-state index in [0.717, 1.165) is 16.5 Å². The zero-order valence-corrected chi connectivity index (χ0v) is 12.8. The standard InChI is InChI=1S/C17H13FN2O2S/c18-13-8-9-14(15(11-13)20(21)22)19-17(16-7-4-10-23-16)12-5-2-1-3-6-12/h1-11,17,19H/t17-/m0/s1. The molecule has 0 saturated heterocycles. The summed E-state index contributed by atoms with van der Waals surface area (Å²) < 4.78 is 13.3. The molecule has 0 unspecified atom stereocenters. The molecule has 3 rings (SSSR count).